The molecule has 3 amide bonds. The molecule has 3 rings (SSSR count). The van der Waals surface area contributed by atoms with E-state index in [9.17, 15) is 29.7 Å². The topological polar surface area (TPSA) is 158 Å². The number of amides is 3. The standard InChI is InChI=1S/C32H45N3O8/c1-23(37)43-35-31(41)34-30(40)32(35,2)20-25-12-9-11-24(18-25)10-5-8-17-42-16-7-4-3-6-15-33-21-29(39)26-13-14-28(38)27(19-26)22-36/h9,11-14,18-19,29,33,36,38-39H,3-8,10,15-17,20-22H2,1-2H3,(H,34,40,41)/t29-,32-/m1/s1. The van der Waals surface area contributed by atoms with Gasteiger partial charge in [0.25, 0.3) is 5.91 Å². The van der Waals surface area contributed by atoms with Crippen molar-refractivity contribution in [2.24, 2.45) is 0 Å². The number of unbranched alkanes of at least 4 members (excludes halogenated alkanes) is 4. The lowest BCUT2D eigenvalue weighted by Gasteiger charge is -2.29. The normalized spacial score (nSPS) is 17.3. The molecule has 1 aliphatic rings. The average molecular weight is 600 g/mol. The number of hydroxylamine groups is 2. The van der Waals surface area contributed by atoms with Crippen LogP contribution in [0.25, 0.3) is 0 Å². The van der Waals surface area contributed by atoms with Crippen LogP contribution in [0.2, 0.25) is 0 Å². The van der Waals surface area contributed by atoms with Crippen LogP contribution in [0.3, 0.4) is 0 Å². The highest BCUT2D eigenvalue weighted by Crippen LogP contribution is 2.27. The van der Waals surface area contributed by atoms with Crippen LogP contribution in [-0.2, 0) is 38.6 Å². The van der Waals surface area contributed by atoms with Crippen molar-refractivity contribution in [2.45, 2.75) is 83.5 Å². The number of hydrogen-bond donors (Lipinski definition) is 5. The number of aromatic hydroxyl groups is 1. The van der Waals surface area contributed by atoms with Gasteiger partial charge in [-0.25, -0.2) is 4.79 Å². The van der Waals surface area contributed by atoms with Gasteiger partial charge in [0.05, 0.1) is 12.7 Å². The molecule has 2 aromatic rings. The first-order valence-corrected chi connectivity index (χ1v) is 14.9. The predicted octanol–water partition coefficient (Wildman–Crippen LogP) is 3.44. The molecule has 11 heteroatoms. The van der Waals surface area contributed by atoms with Crippen LogP contribution in [0.5, 0.6) is 5.75 Å². The Labute approximate surface area is 253 Å². The first-order valence-electron chi connectivity index (χ1n) is 14.9. The number of carbonyl (C=O) groups excluding carboxylic acids is 3. The second kappa shape index (κ2) is 17.0. The third-order valence-electron chi connectivity index (χ3n) is 7.49. The third-order valence-corrected chi connectivity index (χ3v) is 7.49. The molecule has 0 aromatic heterocycles. The van der Waals surface area contributed by atoms with Crippen molar-refractivity contribution in [2.75, 3.05) is 26.3 Å². The van der Waals surface area contributed by atoms with E-state index < -0.39 is 29.6 Å². The van der Waals surface area contributed by atoms with E-state index in [1.54, 1.807) is 19.1 Å². The van der Waals surface area contributed by atoms with Gasteiger partial charge in [-0.1, -0.05) is 43.2 Å². The first-order chi connectivity index (χ1) is 20.6. The monoisotopic (exact) mass is 599 g/mol. The lowest BCUT2D eigenvalue weighted by molar-refractivity contribution is -0.189. The van der Waals surface area contributed by atoms with Crippen LogP contribution in [-0.4, -0.2) is 70.1 Å². The second-order valence-corrected chi connectivity index (χ2v) is 11.2. The molecule has 2 atom stereocenters. The largest absolute Gasteiger partial charge is 0.508 e. The van der Waals surface area contributed by atoms with E-state index in [1.165, 1.54) is 13.0 Å². The van der Waals surface area contributed by atoms with Gasteiger partial charge in [0.2, 0.25) is 0 Å². The molecule has 0 unspecified atom stereocenters. The highest BCUT2D eigenvalue weighted by Gasteiger charge is 2.52. The third kappa shape index (κ3) is 10.3. The number of nitrogens with zero attached hydrogens (tertiary/aromatic N) is 1. The fourth-order valence-corrected chi connectivity index (χ4v) is 5.05. The van der Waals surface area contributed by atoms with E-state index in [0.29, 0.717) is 24.3 Å². The number of benzene rings is 2. The number of imide groups is 1. The highest BCUT2D eigenvalue weighted by atomic mass is 16.7. The Hall–Kier alpha value is -3.51. The summed E-state index contributed by atoms with van der Waals surface area (Å²) in [6, 6.07) is 11.9. The van der Waals surface area contributed by atoms with E-state index in [4.69, 9.17) is 9.57 Å². The molecule has 11 nitrogen and oxygen atoms in total. The molecule has 0 bridgehead atoms. The maximum absolute atomic E-state index is 12.5. The van der Waals surface area contributed by atoms with Gasteiger partial charge in [-0.3, -0.25) is 14.9 Å². The molecule has 43 heavy (non-hydrogen) atoms. The quantitative estimate of drug-likeness (QED) is 0.121. The fraction of sp³-hybridized carbons (Fsp3) is 0.531. The zero-order chi connectivity index (χ0) is 31.2. The summed E-state index contributed by atoms with van der Waals surface area (Å²) in [7, 11) is 0. The Kier molecular flexibility index (Phi) is 13.4. The molecule has 0 saturated carbocycles. The SMILES string of the molecule is CC(=O)ON1C(=O)NC(=O)[C@@]1(C)Cc1cccc(CCCCOCCCCCCNC[C@@H](O)c2ccc(O)c(CO)c2)c1. The van der Waals surface area contributed by atoms with Crippen molar-refractivity contribution < 1.29 is 39.3 Å². The van der Waals surface area contributed by atoms with Crippen LogP contribution < -0.4 is 10.6 Å². The van der Waals surface area contributed by atoms with Gasteiger partial charge in [-0.2, -0.15) is 0 Å². The van der Waals surface area contributed by atoms with E-state index in [-0.39, 0.29) is 18.8 Å². The summed E-state index contributed by atoms with van der Waals surface area (Å²) in [5, 5.41) is 35.5. The minimum atomic E-state index is -1.31. The number of hydrogen-bond acceptors (Lipinski definition) is 9. The lowest BCUT2D eigenvalue weighted by Crippen LogP contribution is -2.49. The number of nitrogens with one attached hydrogen (secondary N) is 2. The van der Waals surface area contributed by atoms with Gasteiger partial charge < -0.3 is 30.2 Å². The van der Waals surface area contributed by atoms with Gasteiger partial charge >= 0.3 is 12.0 Å². The van der Waals surface area contributed by atoms with Gasteiger partial charge in [-0.05, 0) is 74.4 Å². The molecule has 1 saturated heterocycles. The molecular weight excluding hydrogens is 554 g/mol. The minimum Gasteiger partial charge on any atom is -0.508 e. The maximum Gasteiger partial charge on any atom is 0.358 e. The highest BCUT2D eigenvalue weighted by molar-refractivity contribution is 6.06. The number of aliphatic hydroxyl groups is 2. The molecule has 1 heterocycles. The van der Waals surface area contributed by atoms with Crippen LogP contribution in [0.1, 0.15) is 80.7 Å². The Balaban J connectivity index is 1.23. The maximum atomic E-state index is 12.5. The second-order valence-electron chi connectivity index (χ2n) is 11.2. The number of phenols is 1. The fourth-order valence-electron chi connectivity index (χ4n) is 5.05. The van der Waals surface area contributed by atoms with Crippen LogP contribution in [0.4, 0.5) is 4.79 Å². The molecule has 2 aromatic carbocycles. The zero-order valence-electron chi connectivity index (χ0n) is 25.1. The van der Waals surface area contributed by atoms with Crippen molar-refractivity contribution in [3.63, 3.8) is 0 Å². The number of aryl methyl sites for hydroxylation is 1. The number of rotatable bonds is 19. The summed E-state index contributed by atoms with van der Waals surface area (Å²) in [6.45, 7) is 5.15. The van der Waals surface area contributed by atoms with Gasteiger partial charge in [0.1, 0.15) is 5.75 Å². The van der Waals surface area contributed by atoms with E-state index in [1.807, 2.05) is 24.3 Å². The van der Waals surface area contributed by atoms with E-state index >= 15 is 0 Å². The predicted molar refractivity (Wildman–Crippen MR) is 160 cm³/mol. The van der Waals surface area contributed by atoms with Crippen LogP contribution in [0, 0.1) is 0 Å². The lowest BCUT2D eigenvalue weighted by atomic mass is 9.91. The van der Waals surface area contributed by atoms with Crippen molar-refractivity contribution in [1.82, 2.24) is 15.7 Å². The summed E-state index contributed by atoms with van der Waals surface area (Å²) >= 11 is 0. The summed E-state index contributed by atoms with van der Waals surface area (Å²) in [5.74, 6) is -1.14. The van der Waals surface area contributed by atoms with Crippen molar-refractivity contribution in [1.29, 1.82) is 0 Å². The number of aliphatic hydroxyl groups excluding tert-OH is 2. The summed E-state index contributed by atoms with van der Waals surface area (Å²) < 4.78 is 5.79. The molecule has 0 radical (unpaired) electrons. The van der Waals surface area contributed by atoms with Crippen molar-refractivity contribution >= 4 is 17.9 Å². The number of carbonyl (C=O) groups is 3. The Morgan fingerprint density at radius 3 is 2.49 bits per heavy atom. The van der Waals surface area contributed by atoms with Gasteiger partial charge in [0, 0.05) is 38.7 Å². The summed E-state index contributed by atoms with van der Waals surface area (Å²) in [5.41, 5.74) is 1.76. The molecule has 1 fully saturated rings. The van der Waals surface area contributed by atoms with Crippen molar-refractivity contribution in [3.8, 4) is 5.75 Å². The summed E-state index contributed by atoms with van der Waals surface area (Å²) in [4.78, 5) is 41.0. The molecular formula is C32H45N3O8. The molecule has 0 spiro atoms. The molecule has 1 aliphatic heterocycles. The minimum absolute atomic E-state index is 0.0256. The summed E-state index contributed by atoms with van der Waals surface area (Å²) in [6.07, 6.45) is 6.44. The van der Waals surface area contributed by atoms with Gasteiger partial charge in [0.15, 0.2) is 5.54 Å². The Morgan fingerprint density at radius 1 is 1.02 bits per heavy atom. The Morgan fingerprint density at radius 2 is 1.74 bits per heavy atom. The van der Waals surface area contributed by atoms with E-state index in [0.717, 1.165) is 74.3 Å². The van der Waals surface area contributed by atoms with E-state index in [2.05, 4.69) is 10.6 Å². The molecule has 5 N–H and O–H groups in total. The number of ether oxygens (including phenoxy) is 1. The van der Waals surface area contributed by atoms with Crippen molar-refractivity contribution in [3.05, 3.63) is 64.7 Å². The van der Waals surface area contributed by atoms with Gasteiger partial charge in [-0.15, -0.1) is 5.06 Å². The molecule has 236 valence electrons. The average Bonchev–Trinajstić information content (AvgIpc) is 3.17. The number of urea groups is 1. The van der Waals surface area contributed by atoms with Crippen LogP contribution in [0.15, 0.2) is 42.5 Å². The molecule has 0 aliphatic carbocycles. The van der Waals surface area contributed by atoms with Crippen LogP contribution >= 0.6 is 0 Å². The first kappa shape index (κ1) is 34.0. The Bertz CT molecular complexity index is 1220. The zero-order valence-corrected chi connectivity index (χ0v) is 25.1. The smallest absolute Gasteiger partial charge is 0.358 e.